The van der Waals surface area contributed by atoms with E-state index in [2.05, 4.69) is 15.1 Å². The minimum absolute atomic E-state index is 0.678. The Kier molecular flexibility index (Phi) is 3.02. The van der Waals surface area contributed by atoms with Crippen LogP contribution in [0.2, 0.25) is 0 Å². The summed E-state index contributed by atoms with van der Waals surface area (Å²) in [6.07, 6.45) is 3.46. The van der Waals surface area contributed by atoms with Crippen LogP contribution in [0.5, 0.6) is 0 Å². The maximum atomic E-state index is 4.84. The van der Waals surface area contributed by atoms with Crippen LogP contribution >= 0.6 is 12.2 Å². The molecule has 74 valence electrons. The van der Waals surface area contributed by atoms with Crippen molar-refractivity contribution in [1.29, 1.82) is 0 Å². The zero-order chi connectivity index (χ0) is 10.5. The van der Waals surface area contributed by atoms with Gasteiger partial charge in [0.25, 0.3) is 0 Å². The fourth-order valence-corrected chi connectivity index (χ4v) is 1.47. The average molecular weight is 216 g/mol. The Hall–Kier alpha value is -1.77. The van der Waals surface area contributed by atoms with Crippen LogP contribution in [-0.4, -0.2) is 19.7 Å². The zero-order valence-corrected chi connectivity index (χ0v) is 8.87. The third-order valence-electron chi connectivity index (χ3n) is 2.03. The van der Waals surface area contributed by atoms with Gasteiger partial charge in [0.2, 0.25) is 0 Å². The lowest BCUT2D eigenvalue weighted by Crippen LogP contribution is -2.04. The summed E-state index contributed by atoms with van der Waals surface area (Å²) < 4.78 is 1.77. The number of rotatable bonds is 3. The van der Waals surface area contributed by atoms with Crippen molar-refractivity contribution in [3.05, 3.63) is 48.3 Å². The Labute approximate surface area is 93.1 Å². The number of nitrogens with zero attached hydrogens (tertiary/aromatic N) is 2. The van der Waals surface area contributed by atoms with E-state index in [4.69, 9.17) is 12.2 Å². The molecule has 3 nitrogen and oxygen atoms in total. The minimum Gasteiger partial charge on any atom is -0.245 e. The van der Waals surface area contributed by atoms with E-state index in [1.54, 1.807) is 17.0 Å². The van der Waals surface area contributed by atoms with Gasteiger partial charge in [0.1, 0.15) is 17.9 Å². The second-order valence-electron chi connectivity index (χ2n) is 3.08. The average Bonchev–Trinajstić information content (AvgIpc) is 2.81. The quantitative estimate of drug-likeness (QED) is 0.485. The second-order valence-corrected chi connectivity index (χ2v) is 3.26. The molecule has 2 aromatic rings. The summed E-state index contributed by atoms with van der Waals surface area (Å²) in [5, 5.41) is 2.68. The maximum absolute atomic E-state index is 4.84. The van der Waals surface area contributed by atoms with E-state index < -0.39 is 0 Å². The van der Waals surface area contributed by atoms with E-state index in [0.29, 0.717) is 12.5 Å². The predicted octanol–water partition coefficient (Wildman–Crippen LogP) is 2.36. The van der Waals surface area contributed by atoms with Gasteiger partial charge in [-0.05, 0) is 5.56 Å². The van der Waals surface area contributed by atoms with Crippen molar-refractivity contribution in [2.45, 2.75) is 6.54 Å². The van der Waals surface area contributed by atoms with Gasteiger partial charge in [-0.15, -0.1) is 0 Å². The maximum Gasteiger partial charge on any atom is 0.405 e. The first-order valence-electron chi connectivity index (χ1n) is 4.59. The number of H-pyrrole nitrogens is 1. The fraction of sp³-hybridized carbons (Fsp3) is 0.0909. The minimum atomic E-state index is 0.678. The standard InChI is InChI=1S/C11H10N3S/c15-9-14(11-12-6-7-13-11)8-10-4-2-1-3-5-10/h1-7H,8H2,(H,12,13)/q+1. The van der Waals surface area contributed by atoms with Gasteiger partial charge in [-0.1, -0.05) is 35.3 Å². The lowest BCUT2D eigenvalue weighted by Gasteiger charge is -1.99. The number of benzene rings is 1. The van der Waals surface area contributed by atoms with Gasteiger partial charge in [0.05, 0.1) is 6.20 Å². The number of hydrogen-bond acceptors (Lipinski definition) is 2. The van der Waals surface area contributed by atoms with Gasteiger partial charge >= 0.3 is 5.95 Å². The second kappa shape index (κ2) is 4.64. The Balaban J connectivity index is 2.22. The Morgan fingerprint density at radius 1 is 1.33 bits per heavy atom. The molecule has 0 spiro atoms. The van der Waals surface area contributed by atoms with E-state index in [-0.39, 0.29) is 0 Å². The molecule has 0 atom stereocenters. The van der Waals surface area contributed by atoms with Crippen LogP contribution in [0.3, 0.4) is 0 Å². The van der Waals surface area contributed by atoms with E-state index >= 15 is 0 Å². The Morgan fingerprint density at radius 3 is 2.73 bits per heavy atom. The van der Waals surface area contributed by atoms with Gasteiger partial charge in [0, 0.05) is 12.2 Å². The van der Waals surface area contributed by atoms with Gasteiger partial charge in [-0.25, -0.2) is 4.98 Å². The largest absolute Gasteiger partial charge is 0.405 e. The number of aromatic nitrogens is 2. The molecule has 1 aromatic carbocycles. The highest BCUT2D eigenvalue weighted by Crippen LogP contribution is 2.07. The molecule has 0 aliphatic heterocycles. The van der Waals surface area contributed by atoms with Crippen molar-refractivity contribution in [1.82, 2.24) is 9.97 Å². The number of nitrogens with one attached hydrogen (secondary N) is 1. The molecule has 2 rings (SSSR count). The summed E-state index contributed by atoms with van der Waals surface area (Å²) in [4.78, 5) is 7.12. The molecule has 0 unspecified atom stereocenters. The van der Waals surface area contributed by atoms with Crippen LogP contribution < -0.4 is 0 Å². The van der Waals surface area contributed by atoms with E-state index in [1.165, 1.54) is 5.56 Å². The number of aromatic amines is 1. The molecule has 1 aromatic heterocycles. The molecule has 0 amide bonds. The lowest BCUT2D eigenvalue weighted by atomic mass is 10.2. The summed E-state index contributed by atoms with van der Waals surface area (Å²) in [5.74, 6) is 0.717. The van der Waals surface area contributed by atoms with E-state index in [0.717, 1.165) is 0 Å². The first kappa shape index (κ1) is 9.77. The van der Waals surface area contributed by atoms with Crippen molar-refractivity contribution in [2.75, 3.05) is 0 Å². The molecular formula is C11H10N3S+. The van der Waals surface area contributed by atoms with Gasteiger partial charge in [-0.3, -0.25) is 0 Å². The Morgan fingerprint density at radius 2 is 2.13 bits per heavy atom. The van der Waals surface area contributed by atoms with Crippen molar-refractivity contribution < 1.29 is 4.58 Å². The highest BCUT2D eigenvalue weighted by atomic mass is 32.1. The Bertz CT molecular complexity index is 470. The van der Waals surface area contributed by atoms with Crippen LogP contribution in [0, 0.1) is 0 Å². The van der Waals surface area contributed by atoms with Crippen molar-refractivity contribution in [3.63, 3.8) is 0 Å². The molecule has 1 heterocycles. The number of hydrogen-bond donors (Lipinski definition) is 1. The van der Waals surface area contributed by atoms with Gasteiger partial charge in [-0.2, -0.15) is 4.58 Å². The van der Waals surface area contributed by atoms with Crippen LogP contribution in [0.1, 0.15) is 5.56 Å². The van der Waals surface area contributed by atoms with Crippen LogP contribution in [0.4, 0.5) is 5.95 Å². The molecule has 4 heteroatoms. The zero-order valence-electron chi connectivity index (χ0n) is 8.05. The molecule has 0 radical (unpaired) electrons. The van der Waals surface area contributed by atoms with Crippen LogP contribution in [-0.2, 0) is 6.54 Å². The molecule has 0 aliphatic rings. The third kappa shape index (κ3) is 2.37. The highest BCUT2D eigenvalue weighted by Gasteiger charge is 2.09. The summed E-state index contributed by atoms with van der Waals surface area (Å²) >= 11 is 4.84. The summed E-state index contributed by atoms with van der Waals surface area (Å²) in [7, 11) is 0. The molecule has 0 aliphatic carbocycles. The summed E-state index contributed by atoms with van der Waals surface area (Å²) in [6, 6.07) is 10.1. The molecule has 15 heavy (non-hydrogen) atoms. The normalized spacial score (nSPS) is 9.60. The molecule has 0 bridgehead atoms. The number of thiocarbonyl (C=S) groups is 1. The molecule has 0 saturated heterocycles. The monoisotopic (exact) mass is 216 g/mol. The van der Waals surface area contributed by atoms with Gasteiger partial charge < -0.3 is 0 Å². The third-order valence-corrected chi connectivity index (χ3v) is 2.25. The molecule has 0 saturated carbocycles. The van der Waals surface area contributed by atoms with Crippen molar-refractivity contribution in [2.24, 2.45) is 0 Å². The SMILES string of the molecule is S=C=[N+](Cc1ccccc1)c1ncc[nH]1. The molecular weight excluding hydrogens is 206 g/mol. The van der Waals surface area contributed by atoms with E-state index in [1.807, 2.05) is 30.3 Å². The van der Waals surface area contributed by atoms with Crippen LogP contribution in [0.15, 0.2) is 42.7 Å². The van der Waals surface area contributed by atoms with Crippen molar-refractivity contribution in [3.8, 4) is 0 Å². The van der Waals surface area contributed by atoms with E-state index in [9.17, 15) is 0 Å². The summed E-state index contributed by atoms with van der Waals surface area (Å²) in [5.41, 5.74) is 1.17. The van der Waals surface area contributed by atoms with Crippen molar-refractivity contribution >= 4 is 23.3 Å². The molecule has 0 fully saturated rings. The topological polar surface area (TPSA) is 31.7 Å². The predicted molar refractivity (Wildman–Crippen MR) is 61.3 cm³/mol. The number of imidazole rings is 1. The van der Waals surface area contributed by atoms with Crippen LogP contribution in [0.25, 0.3) is 0 Å². The fourth-order valence-electron chi connectivity index (χ4n) is 1.32. The highest BCUT2D eigenvalue weighted by molar-refractivity contribution is 7.78. The lowest BCUT2D eigenvalue weighted by molar-refractivity contribution is -0.457. The molecule has 1 N–H and O–H groups in total. The first-order chi connectivity index (χ1) is 7.40. The van der Waals surface area contributed by atoms with Gasteiger partial charge in [0.15, 0.2) is 0 Å². The first-order valence-corrected chi connectivity index (χ1v) is 4.99. The number of isothiocyanates is 1. The smallest absolute Gasteiger partial charge is 0.245 e. The summed E-state index contributed by atoms with van der Waals surface area (Å²) in [6.45, 7) is 0.678.